The van der Waals surface area contributed by atoms with E-state index in [4.69, 9.17) is 14.2 Å². The zero-order chi connectivity index (χ0) is 52.9. The number of allylic oxidation sites excluding steroid dienone is 26. The lowest BCUT2D eigenvalue weighted by atomic mass is 10.1. The molecular weight excluding hydrogens is 901 g/mol. The van der Waals surface area contributed by atoms with E-state index in [0.29, 0.717) is 19.3 Å². The van der Waals surface area contributed by atoms with Gasteiger partial charge < -0.3 is 14.2 Å². The molecule has 6 heteroatoms. The van der Waals surface area contributed by atoms with Crippen molar-refractivity contribution in [2.75, 3.05) is 13.2 Å². The summed E-state index contributed by atoms with van der Waals surface area (Å²) in [5.41, 5.74) is 0. The van der Waals surface area contributed by atoms with Crippen LogP contribution in [0.1, 0.15) is 226 Å². The molecule has 0 aliphatic carbocycles. The van der Waals surface area contributed by atoms with Gasteiger partial charge in [-0.3, -0.25) is 14.4 Å². The fourth-order valence-electron chi connectivity index (χ4n) is 7.19. The van der Waals surface area contributed by atoms with Gasteiger partial charge in [0.2, 0.25) is 0 Å². The molecule has 1 unspecified atom stereocenters. The molecular formula is C67H104O6. The highest BCUT2D eigenvalue weighted by molar-refractivity contribution is 5.71. The Kier molecular flexibility index (Phi) is 55.5. The van der Waals surface area contributed by atoms with Crippen molar-refractivity contribution in [3.8, 4) is 0 Å². The summed E-state index contributed by atoms with van der Waals surface area (Å²) < 4.78 is 16.8. The predicted octanol–water partition coefficient (Wildman–Crippen LogP) is 19.8. The fourth-order valence-corrected chi connectivity index (χ4v) is 7.19. The monoisotopic (exact) mass is 1000 g/mol. The van der Waals surface area contributed by atoms with Crippen molar-refractivity contribution in [1.82, 2.24) is 0 Å². The van der Waals surface area contributed by atoms with Crippen molar-refractivity contribution in [1.29, 1.82) is 0 Å². The Hall–Kier alpha value is -4.97. The van der Waals surface area contributed by atoms with Crippen LogP contribution in [0.15, 0.2) is 158 Å². The van der Waals surface area contributed by atoms with E-state index in [1.54, 1.807) is 0 Å². The lowest BCUT2D eigenvalue weighted by Gasteiger charge is -2.18. The number of carbonyl (C=O) groups excluding carboxylic acids is 3. The van der Waals surface area contributed by atoms with E-state index in [0.717, 1.165) is 154 Å². The molecule has 6 nitrogen and oxygen atoms in total. The Morgan fingerprint density at radius 2 is 0.534 bits per heavy atom. The van der Waals surface area contributed by atoms with E-state index >= 15 is 0 Å². The average molecular weight is 1010 g/mol. The molecule has 0 aromatic carbocycles. The topological polar surface area (TPSA) is 78.9 Å². The molecule has 0 bridgehead atoms. The number of hydrogen-bond acceptors (Lipinski definition) is 6. The van der Waals surface area contributed by atoms with Gasteiger partial charge in [-0.1, -0.05) is 224 Å². The molecule has 0 aromatic heterocycles. The third-order valence-electron chi connectivity index (χ3n) is 11.5. The van der Waals surface area contributed by atoms with Crippen LogP contribution in [-0.4, -0.2) is 37.2 Å². The molecule has 0 rings (SSSR count). The number of unbranched alkanes of at least 4 members (excludes halogenated alkanes) is 13. The quantitative estimate of drug-likeness (QED) is 0.0261. The first-order chi connectivity index (χ1) is 36.0. The maximum atomic E-state index is 12.8. The van der Waals surface area contributed by atoms with Gasteiger partial charge in [0.1, 0.15) is 13.2 Å². The van der Waals surface area contributed by atoms with Gasteiger partial charge in [-0.05, 0) is 141 Å². The average Bonchev–Trinajstić information content (AvgIpc) is 3.39. The van der Waals surface area contributed by atoms with Crippen LogP contribution in [0.4, 0.5) is 0 Å². The van der Waals surface area contributed by atoms with Gasteiger partial charge in [-0.25, -0.2) is 0 Å². The number of esters is 3. The van der Waals surface area contributed by atoms with Gasteiger partial charge in [0.25, 0.3) is 0 Å². The predicted molar refractivity (Wildman–Crippen MR) is 315 cm³/mol. The second kappa shape index (κ2) is 59.6. The standard InChI is InChI=1S/C67H104O6/c1-4-7-10-13-16-19-22-24-26-28-30-32-33-35-36-38-40-42-45-48-51-54-57-60-66(69)72-63-64(62-71-65(68)59-56-53-50-47-44-21-18-15-12-9-6-3)73-67(70)61-58-55-52-49-46-43-41-39-37-34-31-29-27-25-23-20-17-14-11-8-5-2/h7-8,10-11,15-20,24-27,30-32,34-36,39-42,46,49,64H,4-6,9,12-14,21-23,28-29,33,37-38,43-45,47-48,50-63H2,1-3H3/b10-7-,11-8-,18-15-,19-16-,20-17-,26-24-,27-25-,32-30-,34-31-,36-35-,41-39-,42-40-,49-46-. The second-order valence-electron chi connectivity index (χ2n) is 18.4. The highest BCUT2D eigenvalue weighted by atomic mass is 16.6. The van der Waals surface area contributed by atoms with Crippen LogP contribution in [-0.2, 0) is 28.6 Å². The lowest BCUT2D eigenvalue weighted by Crippen LogP contribution is -2.30. The van der Waals surface area contributed by atoms with Crippen molar-refractivity contribution >= 4 is 17.9 Å². The van der Waals surface area contributed by atoms with Crippen LogP contribution in [0.5, 0.6) is 0 Å². The first-order valence-electron chi connectivity index (χ1n) is 29.0. The van der Waals surface area contributed by atoms with Crippen LogP contribution in [0.25, 0.3) is 0 Å². The number of carbonyl (C=O) groups is 3. The van der Waals surface area contributed by atoms with Gasteiger partial charge in [-0.2, -0.15) is 0 Å². The third-order valence-corrected chi connectivity index (χ3v) is 11.5. The minimum Gasteiger partial charge on any atom is -0.462 e. The molecule has 0 amide bonds. The van der Waals surface area contributed by atoms with Gasteiger partial charge in [-0.15, -0.1) is 0 Å². The molecule has 0 aliphatic heterocycles. The largest absolute Gasteiger partial charge is 0.462 e. The van der Waals surface area contributed by atoms with Crippen molar-refractivity contribution in [2.24, 2.45) is 0 Å². The van der Waals surface area contributed by atoms with Crippen LogP contribution in [0.3, 0.4) is 0 Å². The summed E-state index contributed by atoms with van der Waals surface area (Å²) in [5.74, 6) is -1.00. The molecule has 408 valence electrons. The van der Waals surface area contributed by atoms with Crippen molar-refractivity contribution in [3.05, 3.63) is 158 Å². The highest BCUT2D eigenvalue weighted by Crippen LogP contribution is 2.12. The molecule has 0 radical (unpaired) electrons. The van der Waals surface area contributed by atoms with E-state index in [-0.39, 0.29) is 37.5 Å². The molecule has 0 heterocycles. The van der Waals surface area contributed by atoms with Crippen molar-refractivity contribution in [3.63, 3.8) is 0 Å². The Bertz CT molecular complexity index is 1670. The molecule has 0 saturated heterocycles. The summed E-state index contributed by atoms with van der Waals surface area (Å²) in [6, 6.07) is 0. The minimum absolute atomic E-state index is 0.116. The van der Waals surface area contributed by atoms with Gasteiger partial charge in [0, 0.05) is 19.3 Å². The number of hydrogen-bond donors (Lipinski definition) is 0. The van der Waals surface area contributed by atoms with Crippen molar-refractivity contribution in [2.45, 2.75) is 232 Å². The molecule has 0 spiro atoms. The smallest absolute Gasteiger partial charge is 0.306 e. The van der Waals surface area contributed by atoms with Gasteiger partial charge >= 0.3 is 17.9 Å². The Morgan fingerprint density at radius 1 is 0.288 bits per heavy atom. The summed E-state index contributed by atoms with van der Waals surface area (Å²) in [4.78, 5) is 38.1. The van der Waals surface area contributed by atoms with E-state index in [9.17, 15) is 14.4 Å². The summed E-state index contributed by atoms with van der Waals surface area (Å²) >= 11 is 0. The molecule has 0 N–H and O–H groups in total. The number of rotatable bonds is 50. The molecule has 73 heavy (non-hydrogen) atoms. The normalized spacial score (nSPS) is 13.3. The summed E-state index contributed by atoms with van der Waals surface area (Å²) in [6.45, 7) is 6.29. The summed E-state index contributed by atoms with van der Waals surface area (Å²) in [6.07, 6.45) is 86.6. The SMILES string of the molecule is CC/C=C\C/C=C\C/C=C\C/C=C\C/C=C\C/C=C\CCCCCCC(=O)OCC(COC(=O)CCCCCCC/C=C\CCCC)OC(=O)CCCC/C=C\C/C=C\C/C=C\C/C=C\C/C=C\C/C=C\CC. The van der Waals surface area contributed by atoms with Crippen LogP contribution < -0.4 is 0 Å². The Balaban J connectivity index is 4.51. The first kappa shape index (κ1) is 68.0. The van der Waals surface area contributed by atoms with Crippen molar-refractivity contribution < 1.29 is 28.6 Å². The molecule has 0 aliphatic rings. The van der Waals surface area contributed by atoms with E-state index in [2.05, 4.69) is 179 Å². The fraction of sp³-hybridized carbons (Fsp3) is 0.567. The lowest BCUT2D eigenvalue weighted by molar-refractivity contribution is -0.167. The molecule has 0 fully saturated rings. The van der Waals surface area contributed by atoms with Crippen LogP contribution in [0.2, 0.25) is 0 Å². The Morgan fingerprint density at radius 3 is 0.877 bits per heavy atom. The highest BCUT2D eigenvalue weighted by Gasteiger charge is 2.19. The third kappa shape index (κ3) is 57.8. The maximum absolute atomic E-state index is 12.8. The first-order valence-corrected chi connectivity index (χ1v) is 29.0. The summed E-state index contributed by atoms with van der Waals surface area (Å²) in [7, 11) is 0. The zero-order valence-corrected chi connectivity index (χ0v) is 46.6. The molecule has 0 aromatic rings. The molecule has 1 atom stereocenters. The maximum Gasteiger partial charge on any atom is 0.306 e. The zero-order valence-electron chi connectivity index (χ0n) is 46.6. The van der Waals surface area contributed by atoms with Crippen LogP contribution >= 0.6 is 0 Å². The minimum atomic E-state index is -0.824. The second-order valence-corrected chi connectivity index (χ2v) is 18.4. The van der Waals surface area contributed by atoms with E-state index < -0.39 is 6.10 Å². The van der Waals surface area contributed by atoms with Gasteiger partial charge in [0.15, 0.2) is 6.10 Å². The van der Waals surface area contributed by atoms with E-state index in [1.807, 2.05) is 0 Å². The van der Waals surface area contributed by atoms with Gasteiger partial charge in [0.05, 0.1) is 0 Å². The Labute approximate surface area is 448 Å². The molecule has 0 saturated carbocycles. The summed E-state index contributed by atoms with van der Waals surface area (Å²) in [5, 5.41) is 0. The number of ether oxygens (including phenoxy) is 3. The van der Waals surface area contributed by atoms with E-state index in [1.165, 1.54) is 25.7 Å². The van der Waals surface area contributed by atoms with Crippen LogP contribution in [0, 0.1) is 0 Å².